The van der Waals surface area contributed by atoms with Crippen LogP contribution in [-0.2, 0) is 16.6 Å². The van der Waals surface area contributed by atoms with E-state index < -0.39 is 10.0 Å². The van der Waals surface area contributed by atoms with Gasteiger partial charge in [0.2, 0.25) is 10.0 Å². The molecular formula is C16H19NO3S. The van der Waals surface area contributed by atoms with Crippen LogP contribution in [0, 0.1) is 6.92 Å². The predicted octanol–water partition coefficient (Wildman–Crippen LogP) is 2.18. The Kier molecular flexibility index (Phi) is 5.12. The van der Waals surface area contributed by atoms with Crippen molar-refractivity contribution in [3.63, 3.8) is 0 Å². The van der Waals surface area contributed by atoms with Gasteiger partial charge in [-0.2, -0.15) is 4.31 Å². The van der Waals surface area contributed by atoms with Gasteiger partial charge >= 0.3 is 0 Å². The molecule has 0 fully saturated rings. The zero-order valence-electron chi connectivity index (χ0n) is 11.9. The van der Waals surface area contributed by atoms with Crippen LogP contribution in [0.5, 0.6) is 0 Å². The van der Waals surface area contributed by atoms with Gasteiger partial charge in [-0.3, -0.25) is 0 Å². The molecule has 4 nitrogen and oxygen atoms in total. The van der Waals surface area contributed by atoms with Crippen molar-refractivity contribution in [2.75, 3.05) is 13.2 Å². The van der Waals surface area contributed by atoms with Crippen LogP contribution in [-0.4, -0.2) is 31.0 Å². The fourth-order valence-electron chi connectivity index (χ4n) is 2.17. The maximum Gasteiger partial charge on any atom is 0.243 e. The van der Waals surface area contributed by atoms with E-state index in [1.807, 2.05) is 36.4 Å². The lowest BCUT2D eigenvalue weighted by Crippen LogP contribution is -2.33. The largest absolute Gasteiger partial charge is 0.395 e. The van der Waals surface area contributed by atoms with Crippen molar-refractivity contribution in [3.05, 3.63) is 65.7 Å². The molecule has 0 aliphatic heterocycles. The molecule has 0 aliphatic rings. The summed E-state index contributed by atoms with van der Waals surface area (Å²) in [6.07, 6.45) is 0. The Balaban J connectivity index is 2.35. The Hall–Kier alpha value is -1.69. The van der Waals surface area contributed by atoms with Crippen LogP contribution >= 0.6 is 0 Å². The van der Waals surface area contributed by atoms with Gasteiger partial charge in [-0.1, -0.05) is 48.5 Å². The quantitative estimate of drug-likeness (QED) is 0.890. The number of aryl methyl sites for hydroxylation is 1. The number of sulfonamides is 1. The third-order valence-electron chi connectivity index (χ3n) is 3.26. The first-order valence-corrected chi connectivity index (χ1v) is 8.20. The van der Waals surface area contributed by atoms with Crippen molar-refractivity contribution < 1.29 is 13.5 Å². The summed E-state index contributed by atoms with van der Waals surface area (Å²) in [6.45, 7) is 1.88. The van der Waals surface area contributed by atoms with Gasteiger partial charge in [-0.25, -0.2) is 8.42 Å². The Bertz CT molecular complexity index is 684. The van der Waals surface area contributed by atoms with Gasteiger partial charge in [0.1, 0.15) is 0 Å². The summed E-state index contributed by atoms with van der Waals surface area (Å²) >= 11 is 0. The van der Waals surface area contributed by atoms with Crippen LogP contribution in [0.3, 0.4) is 0 Å². The molecule has 0 bridgehead atoms. The average molecular weight is 305 g/mol. The molecule has 0 radical (unpaired) electrons. The maximum absolute atomic E-state index is 12.8. The van der Waals surface area contributed by atoms with Gasteiger partial charge in [-0.15, -0.1) is 0 Å². The number of rotatable bonds is 6. The van der Waals surface area contributed by atoms with E-state index in [1.165, 1.54) is 4.31 Å². The highest BCUT2D eigenvalue weighted by molar-refractivity contribution is 7.89. The van der Waals surface area contributed by atoms with Crippen LogP contribution in [0.1, 0.15) is 11.1 Å². The van der Waals surface area contributed by atoms with Crippen molar-refractivity contribution in [3.8, 4) is 0 Å². The van der Waals surface area contributed by atoms with Crippen LogP contribution in [0.2, 0.25) is 0 Å². The van der Waals surface area contributed by atoms with Crippen LogP contribution < -0.4 is 0 Å². The summed E-state index contributed by atoms with van der Waals surface area (Å²) in [5, 5.41) is 9.19. The SMILES string of the molecule is Cc1ccccc1S(=O)(=O)N(CCO)Cc1ccccc1. The molecule has 0 heterocycles. The van der Waals surface area contributed by atoms with E-state index >= 15 is 0 Å². The molecule has 112 valence electrons. The second-order valence-corrected chi connectivity index (χ2v) is 6.72. The number of hydrogen-bond donors (Lipinski definition) is 1. The molecule has 2 aromatic carbocycles. The minimum Gasteiger partial charge on any atom is -0.395 e. The molecule has 2 aromatic rings. The van der Waals surface area contributed by atoms with Gasteiger partial charge in [0.25, 0.3) is 0 Å². The molecule has 0 aromatic heterocycles. The van der Waals surface area contributed by atoms with E-state index in [1.54, 1.807) is 25.1 Å². The first kappa shape index (κ1) is 15.7. The normalized spacial score (nSPS) is 11.8. The molecular weight excluding hydrogens is 286 g/mol. The number of hydrogen-bond acceptors (Lipinski definition) is 3. The highest BCUT2D eigenvalue weighted by atomic mass is 32.2. The third-order valence-corrected chi connectivity index (χ3v) is 5.27. The van der Waals surface area contributed by atoms with Crippen LogP contribution in [0.15, 0.2) is 59.5 Å². The maximum atomic E-state index is 12.8. The third kappa shape index (κ3) is 3.69. The topological polar surface area (TPSA) is 57.6 Å². The van der Waals surface area contributed by atoms with Gasteiger partial charge in [0, 0.05) is 13.1 Å². The standard InChI is InChI=1S/C16H19NO3S/c1-14-7-5-6-10-16(14)21(19,20)17(11-12-18)13-15-8-3-2-4-9-15/h2-10,18H,11-13H2,1H3. The Morgan fingerprint density at radius 3 is 2.24 bits per heavy atom. The summed E-state index contributed by atoms with van der Waals surface area (Å²) in [5.41, 5.74) is 1.59. The van der Waals surface area contributed by atoms with Crippen molar-refractivity contribution in [2.45, 2.75) is 18.4 Å². The first-order chi connectivity index (χ1) is 10.1. The highest BCUT2D eigenvalue weighted by Crippen LogP contribution is 2.21. The Morgan fingerprint density at radius 2 is 1.62 bits per heavy atom. The van der Waals surface area contributed by atoms with E-state index in [0.717, 1.165) is 5.56 Å². The fraction of sp³-hybridized carbons (Fsp3) is 0.250. The van der Waals surface area contributed by atoms with Crippen molar-refractivity contribution in [2.24, 2.45) is 0 Å². The van der Waals surface area contributed by atoms with E-state index in [-0.39, 0.29) is 24.6 Å². The Morgan fingerprint density at radius 1 is 1.00 bits per heavy atom. The lowest BCUT2D eigenvalue weighted by molar-refractivity contribution is 0.251. The number of aliphatic hydroxyl groups is 1. The lowest BCUT2D eigenvalue weighted by Gasteiger charge is -2.22. The molecule has 0 spiro atoms. The number of aliphatic hydroxyl groups excluding tert-OH is 1. The van der Waals surface area contributed by atoms with Gasteiger partial charge in [0.05, 0.1) is 11.5 Å². The molecule has 0 unspecified atom stereocenters. The van der Waals surface area contributed by atoms with E-state index in [2.05, 4.69) is 0 Å². The van der Waals surface area contributed by atoms with Crippen molar-refractivity contribution in [1.29, 1.82) is 0 Å². The molecule has 0 atom stereocenters. The summed E-state index contributed by atoms with van der Waals surface area (Å²) in [6, 6.07) is 16.2. The number of benzene rings is 2. The molecule has 0 saturated heterocycles. The second-order valence-electron chi connectivity index (χ2n) is 4.81. The summed E-state index contributed by atoms with van der Waals surface area (Å²) in [7, 11) is -3.62. The van der Waals surface area contributed by atoms with Crippen LogP contribution in [0.25, 0.3) is 0 Å². The second kappa shape index (κ2) is 6.85. The predicted molar refractivity (Wildman–Crippen MR) is 82.3 cm³/mol. The summed E-state index contributed by atoms with van der Waals surface area (Å²) < 4.78 is 26.8. The van der Waals surface area contributed by atoms with E-state index in [0.29, 0.717) is 5.56 Å². The van der Waals surface area contributed by atoms with E-state index in [4.69, 9.17) is 0 Å². The zero-order chi connectivity index (χ0) is 15.3. The van der Waals surface area contributed by atoms with Crippen molar-refractivity contribution >= 4 is 10.0 Å². The molecule has 1 N–H and O–H groups in total. The highest BCUT2D eigenvalue weighted by Gasteiger charge is 2.25. The minimum absolute atomic E-state index is 0.0750. The Labute approximate surface area is 125 Å². The van der Waals surface area contributed by atoms with Gasteiger partial charge in [0.15, 0.2) is 0 Å². The van der Waals surface area contributed by atoms with E-state index in [9.17, 15) is 13.5 Å². The molecule has 0 saturated carbocycles. The first-order valence-electron chi connectivity index (χ1n) is 6.76. The molecule has 5 heteroatoms. The fourth-order valence-corrected chi connectivity index (χ4v) is 3.81. The smallest absolute Gasteiger partial charge is 0.243 e. The molecule has 0 aliphatic carbocycles. The molecule has 0 amide bonds. The summed E-state index contributed by atoms with van der Waals surface area (Å²) in [5.74, 6) is 0. The molecule has 2 rings (SSSR count). The monoisotopic (exact) mass is 305 g/mol. The minimum atomic E-state index is -3.62. The molecule has 21 heavy (non-hydrogen) atoms. The average Bonchev–Trinajstić information content (AvgIpc) is 2.48. The summed E-state index contributed by atoms with van der Waals surface area (Å²) in [4.78, 5) is 0.286. The van der Waals surface area contributed by atoms with Crippen molar-refractivity contribution in [1.82, 2.24) is 4.31 Å². The van der Waals surface area contributed by atoms with Crippen LogP contribution in [0.4, 0.5) is 0 Å². The van der Waals surface area contributed by atoms with Gasteiger partial charge < -0.3 is 5.11 Å². The van der Waals surface area contributed by atoms with Gasteiger partial charge in [-0.05, 0) is 24.1 Å². The lowest BCUT2D eigenvalue weighted by atomic mass is 10.2. The number of nitrogens with zero attached hydrogens (tertiary/aromatic N) is 1. The zero-order valence-corrected chi connectivity index (χ0v) is 12.8.